The van der Waals surface area contributed by atoms with E-state index < -0.39 is 0 Å². The number of aromatic nitrogens is 3. The van der Waals surface area contributed by atoms with Crippen molar-refractivity contribution in [1.29, 1.82) is 0 Å². The standard InChI is InChI=1S/C17H16N4O/c22-17(12-8-9-15-16(10-12)20-21-19-15)18-14-7-3-5-11-4-1-2-6-13(11)14/h1-7,12H,8-10H2,(H,18,22)(H,19,20,21). The molecule has 0 saturated carbocycles. The molecule has 5 nitrogen and oxygen atoms in total. The minimum atomic E-state index is -0.0448. The van der Waals surface area contributed by atoms with E-state index in [0.29, 0.717) is 6.42 Å². The summed E-state index contributed by atoms with van der Waals surface area (Å²) in [6.45, 7) is 0. The highest BCUT2D eigenvalue weighted by Crippen LogP contribution is 2.26. The Morgan fingerprint density at radius 2 is 1.91 bits per heavy atom. The van der Waals surface area contributed by atoms with Gasteiger partial charge in [0.2, 0.25) is 5.91 Å². The molecule has 0 bridgehead atoms. The monoisotopic (exact) mass is 292 g/mol. The number of anilines is 1. The van der Waals surface area contributed by atoms with Crippen molar-refractivity contribution < 1.29 is 4.79 Å². The Hall–Kier alpha value is -2.69. The van der Waals surface area contributed by atoms with Gasteiger partial charge in [-0.3, -0.25) is 4.79 Å². The Balaban J connectivity index is 1.57. The lowest BCUT2D eigenvalue weighted by Gasteiger charge is -2.20. The summed E-state index contributed by atoms with van der Waals surface area (Å²) in [6.07, 6.45) is 2.28. The Labute approximate surface area is 127 Å². The number of nitrogens with one attached hydrogen (secondary N) is 2. The molecule has 2 aromatic carbocycles. The number of H-pyrrole nitrogens is 1. The van der Waals surface area contributed by atoms with E-state index >= 15 is 0 Å². The first kappa shape index (κ1) is 13.0. The van der Waals surface area contributed by atoms with Crippen LogP contribution in [-0.2, 0) is 17.6 Å². The number of rotatable bonds is 2. The number of benzene rings is 2. The summed E-state index contributed by atoms with van der Waals surface area (Å²) < 4.78 is 0. The zero-order chi connectivity index (χ0) is 14.9. The van der Waals surface area contributed by atoms with Crippen molar-refractivity contribution in [2.75, 3.05) is 5.32 Å². The van der Waals surface area contributed by atoms with Crippen molar-refractivity contribution >= 4 is 22.4 Å². The van der Waals surface area contributed by atoms with E-state index in [0.717, 1.165) is 40.7 Å². The molecule has 1 aliphatic rings. The number of hydrogen-bond donors (Lipinski definition) is 2. The molecule has 0 saturated heterocycles. The van der Waals surface area contributed by atoms with Crippen LogP contribution in [0, 0.1) is 5.92 Å². The maximum absolute atomic E-state index is 12.6. The number of fused-ring (bicyclic) bond motifs is 2. The molecule has 1 heterocycles. The highest BCUT2D eigenvalue weighted by Gasteiger charge is 2.27. The van der Waals surface area contributed by atoms with Crippen molar-refractivity contribution in [2.45, 2.75) is 19.3 Å². The molecule has 5 heteroatoms. The van der Waals surface area contributed by atoms with Gasteiger partial charge in [0.15, 0.2) is 0 Å². The first-order valence-corrected chi connectivity index (χ1v) is 7.48. The zero-order valence-corrected chi connectivity index (χ0v) is 12.0. The molecular formula is C17H16N4O. The van der Waals surface area contributed by atoms with Crippen LogP contribution in [0.4, 0.5) is 5.69 Å². The molecule has 1 atom stereocenters. The molecule has 3 aromatic rings. The average molecular weight is 292 g/mol. The Kier molecular flexibility index (Phi) is 3.11. The normalized spacial score (nSPS) is 17.2. The van der Waals surface area contributed by atoms with E-state index in [1.54, 1.807) is 0 Å². The second-order valence-electron chi connectivity index (χ2n) is 5.67. The SMILES string of the molecule is O=C(Nc1cccc2ccccc12)C1CCc2n[nH]nc2C1. The first-order valence-electron chi connectivity index (χ1n) is 7.48. The molecule has 0 radical (unpaired) electrons. The highest BCUT2D eigenvalue weighted by molar-refractivity contribution is 6.02. The smallest absolute Gasteiger partial charge is 0.227 e. The maximum atomic E-state index is 12.6. The van der Waals surface area contributed by atoms with Gasteiger partial charge in [-0.1, -0.05) is 36.4 Å². The molecule has 0 aliphatic heterocycles. The van der Waals surface area contributed by atoms with Gasteiger partial charge in [-0.25, -0.2) is 0 Å². The lowest BCUT2D eigenvalue weighted by Crippen LogP contribution is -2.28. The van der Waals surface area contributed by atoms with Gasteiger partial charge >= 0.3 is 0 Å². The second-order valence-corrected chi connectivity index (χ2v) is 5.67. The van der Waals surface area contributed by atoms with Gasteiger partial charge in [0, 0.05) is 23.4 Å². The summed E-state index contributed by atoms with van der Waals surface area (Å²) in [5.74, 6) is 0.0153. The van der Waals surface area contributed by atoms with Crippen LogP contribution in [0.3, 0.4) is 0 Å². The van der Waals surface area contributed by atoms with Gasteiger partial charge < -0.3 is 5.32 Å². The van der Waals surface area contributed by atoms with Gasteiger partial charge in [0.1, 0.15) is 0 Å². The third kappa shape index (κ3) is 2.24. The highest BCUT2D eigenvalue weighted by atomic mass is 16.1. The van der Waals surface area contributed by atoms with Crippen LogP contribution in [0.15, 0.2) is 42.5 Å². The van der Waals surface area contributed by atoms with E-state index in [1.165, 1.54) is 0 Å². The van der Waals surface area contributed by atoms with Crippen LogP contribution < -0.4 is 5.32 Å². The van der Waals surface area contributed by atoms with Crippen molar-refractivity contribution in [3.05, 3.63) is 53.9 Å². The van der Waals surface area contributed by atoms with Crippen LogP contribution in [0.25, 0.3) is 10.8 Å². The largest absolute Gasteiger partial charge is 0.325 e. The molecule has 0 fully saturated rings. The van der Waals surface area contributed by atoms with E-state index in [-0.39, 0.29) is 11.8 Å². The van der Waals surface area contributed by atoms with Crippen LogP contribution in [0.5, 0.6) is 0 Å². The molecule has 1 unspecified atom stereocenters. The van der Waals surface area contributed by atoms with E-state index in [2.05, 4.69) is 20.7 Å². The molecule has 4 rings (SSSR count). The first-order chi connectivity index (χ1) is 10.8. The summed E-state index contributed by atoms with van der Waals surface area (Å²) in [6, 6.07) is 14.0. The number of aromatic amines is 1. The second kappa shape index (κ2) is 5.26. The van der Waals surface area contributed by atoms with Crippen LogP contribution in [0.1, 0.15) is 17.8 Å². The number of aryl methyl sites for hydroxylation is 1. The maximum Gasteiger partial charge on any atom is 0.227 e. The summed E-state index contributed by atoms with van der Waals surface area (Å²) >= 11 is 0. The van der Waals surface area contributed by atoms with E-state index in [4.69, 9.17) is 0 Å². The minimum Gasteiger partial charge on any atom is -0.325 e. The fraction of sp³-hybridized carbons (Fsp3) is 0.235. The zero-order valence-electron chi connectivity index (χ0n) is 12.0. The number of carbonyl (C=O) groups is 1. The topological polar surface area (TPSA) is 70.7 Å². The molecule has 110 valence electrons. The van der Waals surface area contributed by atoms with Crippen molar-refractivity contribution in [2.24, 2.45) is 5.92 Å². The number of nitrogens with zero attached hydrogens (tertiary/aromatic N) is 2. The summed E-state index contributed by atoms with van der Waals surface area (Å²) in [7, 11) is 0. The van der Waals surface area contributed by atoms with Crippen molar-refractivity contribution in [3.8, 4) is 0 Å². The molecule has 22 heavy (non-hydrogen) atoms. The number of amides is 1. The van der Waals surface area contributed by atoms with E-state index in [9.17, 15) is 4.79 Å². The van der Waals surface area contributed by atoms with Gasteiger partial charge in [-0.2, -0.15) is 15.4 Å². The molecular weight excluding hydrogens is 276 g/mol. The predicted molar refractivity (Wildman–Crippen MR) is 84.5 cm³/mol. The number of hydrogen-bond acceptors (Lipinski definition) is 3. The number of carbonyl (C=O) groups excluding carboxylic acids is 1. The summed E-state index contributed by atoms with van der Waals surface area (Å²) in [4.78, 5) is 12.6. The minimum absolute atomic E-state index is 0.0448. The molecule has 2 N–H and O–H groups in total. The fourth-order valence-corrected chi connectivity index (χ4v) is 3.08. The predicted octanol–water partition coefficient (Wildman–Crippen LogP) is 2.70. The van der Waals surface area contributed by atoms with Gasteiger partial charge in [-0.05, 0) is 24.3 Å². The lowest BCUT2D eigenvalue weighted by molar-refractivity contribution is -0.120. The molecule has 0 spiro atoms. The van der Waals surface area contributed by atoms with Crippen LogP contribution in [-0.4, -0.2) is 21.3 Å². The Morgan fingerprint density at radius 1 is 1.09 bits per heavy atom. The Bertz CT molecular complexity index is 834. The molecule has 1 aromatic heterocycles. The third-order valence-electron chi connectivity index (χ3n) is 4.29. The van der Waals surface area contributed by atoms with Gasteiger partial charge in [0.25, 0.3) is 0 Å². The fourth-order valence-electron chi connectivity index (χ4n) is 3.08. The summed E-state index contributed by atoms with van der Waals surface area (Å²) in [5.41, 5.74) is 2.78. The van der Waals surface area contributed by atoms with Crippen LogP contribution in [0.2, 0.25) is 0 Å². The van der Waals surface area contributed by atoms with E-state index in [1.807, 2.05) is 42.5 Å². The van der Waals surface area contributed by atoms with Crippen LogP contribution >= 0.6 is 0 Å². The Morgan fingerprint density at radius 3 is 2.86 bits per heavy atom. The third-order valence-corrected chi connectivity index (χ3v) is 4.29. The molecule has 1 amide bonds. The van der Waals surface area contributed by atoms with Crippen molar-refractivity contribution in [3.63, 3.8) is 0 Å². The quantitative estimate of drug-likeness (QED) is 0.763. The van der Waals surface area contributed by atoms with Gasteiger partial charge in [0.05, 0.1) is 11.4 Å². The lowest BCUT2D eigenvalue weighted by atomic mass is 9.89. The van der Waals surface area contributed by atoms with Gasteiger partial charge in [-0.15, -0.1) is 0 Å². The molecule has 1 aliphatic carbocycles. The summed E-state index contributed by atoms with van der Waals surface area (Å²) in [5, 5.41) is 16.2. The average Bonchev–Trinajstić information content (AvgIpc) is 3.02. The van der Waals surface area contributed by atoms with Crippen molar-refractivity contribution in [1.82, 2.24) is 15.4 Å².